The third kappa shape index (κ3) is 2.45. The van der Waals surface area contributed by atoms with E-state index in [9.17, 15) is 4.79 Å². The molecule has 2 aromatic carbocycles. The minimum Gasteiger partial charge on any atom is -0.321 e. The van der Waals surface area contributed by atoms with Gasteiger partial charge in [-0.1, -0.05) is 24.3 Å². The second kappa shape index (κ2) is 5.43. The number of nitrogens with zero attached hydrogens (tertiary/aromatic N) is 2. The molecule has 0 radical (unpaired) electrons. The Kier molecular flexibility index (Phi) is 3.32. The molecule has 0 unspecified atom stereocenters. The maximum Gasteiger partial charge on any atom is 0.256 e. The number of carbonyl (C=O) groups is 1. The van der Waals surface area contributed by atoms with Crippen LogP contribution in [0.1, 0.15) is 15.9 Å². The van der Waals surface area contributed by atoms with Crippen LogP contribution in [0.5, 0.6) is 0 Å². The molecular weight excluding hydrogens is 262 g/mol. The van der Waals surface area contributed by atoms with Gasteiger partial charge in [0.2, 0.25) is 0 Å². The topological polar surface area (TPSA) is 65.8 Å². The maximum atomic E-state index is 12.4. The van der Waals surface area contributed by atoms with E-state index < -0.39 is 0 Å². The normalized spacial score (nSPS) is 10.0. The highest BCUT2D eigenvalue weighted by atomic mass is 16.1. The molecule has 4 heteroatoms. The van der Waals surface area contributed by atoms with Crippen LogP contribution in [0.25, 0.3) is 10.9 Å². The summed E-state index contributed by atoms with van der Waals surface area (Å²) in [5, 5.41) is 12.6. The molecule has 0 spiro atoms. The van der Waals surface area contributed by atoms with E-state index in [1.807, 2.05) is 12.1 Å². The van der Waals surface area contributed by atoms with Gasteiger partial charge in [-0.25, -0.2) is 0 Å². The van der Waals surface area contributed by atoms with Gasteiger partial charge < -0.3 is 5.32 Å². The van der Waals surface area contributed by atoms with Gasteiger partial charge in [-0.2, -0.15) is 5.26 Å². The number of nitriles is 1. The lowest BCUT2D eigenvalue weighted by atomic mass is 10.1. The molecule has 0 aliphatic rings. The molecule has 3 aromatic rings. The zero-order valence-electron chi connectivity index (χ0n) is 11.1. The third-order valence-electron chi connectivity index (χ3n) is 3.19. The molecule has 0 fully saturated rings. The second-order valence-electron chi connectivity index (χ2n) is 4.49. The highest BCUT2D eigenvalue weighted by molar-refractivity contribution is 6.12. The van der Waals surface area contributed by atoms with E-state index in [4.69, 9.17) is 5.26 Å². The number of amides is 1. The van der Waals surface area contributed by atoms with Gasteiger partial charge in [0.25, 0.3) is 5.91 Å². The Morgan fingerprint density at radius 2 is 1.90 bits per heavy atom. The van der Waals surface area contributed by atoms with Crippen molar-refractivity contribution < 1.29 is 4.79 Å². The fourth-order valence-electron chi connectivity index (χ4n) is 2.18. The first kappa shape index (κ1) is 12.8. The van der Waals surface area contributed by atoms with E-state index >= 15 is 0 Å². The van der Waals surface area contributed by atoms with E-state index in [2.05, 4.69) is 16.4 Å². The van der Waals surface area contributed by atoms with E-state index in [1.54, 1.807) is 48.7 Å². The van der Waals surface area contributed by atoms with Crippen LogP contribution >= 0.6 is 0 Å². The summed E-state index contributed by atoms with van der Waals surface area (Å²) in [6.45, 7) is 0. The smallest absolute Gasteiger partial charge is 0.256 e. The minimum atomic E-state index is -0.253. The number of benzene rings is 2. The van der Waals surface area contributed by atoms with Crippen LogP contribution in [0, 0.1) is 11.3 Å². The largest absolute Gasteiger partial charge is 0.321 e. The van der Waals surface area contributed by atoms with E-state index in [1.165, 1.54) is 0 Å². The number of carbonyl (C=O) groups excluding carboxylic acids is 1. The van der Waals surface area contributed by atoms with Gasteiger partial charge in [-0.05, 0) is 30.3 Å². The lowest BCUT2D eigenvalue weighted by Gasteiger charge is -2.08. The lowest BCUT2D eigenvalue weighted by Crippen LogP contribution is -2.13. The highest BCUT2D eigenvalue weighted by Crippen LogP contribution is 2.19. The second-order valence-corrected chi connectivity index (χ2v) is 4.49. The third-order valence-corrected chi connectivity index (χ3v) is 3.19. The standard InChI is InChI=1S/C17H11N3O/c18-11-12-5-1-2-8-15(12)20-17(21)14-6-3-9-16-13(14)7-4-10-19-16/h1-10H,(H,20,21). The van der Waals surface area contributed by atoms with Crippen molar-refractivity contribution in [2.45, 2.75) is 0 Å². The van der Waals surface area contributed by atoms with Crippen molar-refractivity contribution >= 4 is 22.5 Å². The highest BCUT2D eigenvalue weighted by Gasteiger charge is 2.12. The maximum absolute atomic E-state index is 12.4. The predicted molar refractivity (Wildman–Crippen MR) is 80.9 cm³/mol. The molecule has 4 nitrogen and oxygen atoms in total. The van der Waals surface area contributed by atoms with Gasteiger partial charge in [-0.15, -0.1) is 0 Å². The summed E-state index contributed by atoms with van der Waals surface area (Å²) < 4.78 is 0. The van der Waals surface area contributed by atoms with Crippen LogP contribution in [-0.2, 0) is 0 Å². The van der Waals surface area contributed by atoms with Crippen molar-refractivity contribution in [1.82, 2.24) is 4.98 Å². The SMILES string of the molecule is N#Cc1ccccc1NC(=O)c1cccc2ncccc12. The van der Waals surface area contributed by atoms with Gasteiger partial charge in [0.1, 0.15) is 6.07 Å². The lowest BCUT2D eigenvalue weighted by molar-refractivity contribution is 0.102. The van der Waals surface area contributed by atoms with E-state index in [-0.39, 0.29) is 5.91 Å². The van der Waals surface area contributed by atoms with Crippen LogP contribution in [0.2, 0.25) is 0 Å². The van der Waals surface area contributed by atoms with Crippen molar-refractivity contribution in [2.75, 3.05) is 5.32 Å². The Morgan fingerprint density at radius 1 is 1.05 bits per heavy atom. The van der Waals surface area contributed by atoms with Crippen molar-refractivity contribution in [2.24, 2.45) is 0 Å². The number of anilines is 1. The Labute approximate surface area is 121 Å². The fourth-order valence-corrected chi connectivity index (χ4v) is 2.18. The summed E-state index contributed by atoms with van der Waals surface area (Å²) in [6, 6.07) is 18.0. The number of rotatable bonds is 2. The van der Waals surface area contributed by atoms with Crippen LogP contribution < -0.4 is 5.32 Å². The molecule has 1 amide bonds. The van der Waals surface area contributed by atoms with Gasteiger partial charge in [0.05, 0.1) is 16.8 Å². The summed E-state index contributed by atoms with van der Waals surface area (Å²) in [7, 11) is 0. The molecular formula is C17H11N3O. The number of hydrogen-bond acceptors (Lipinski definition) is 3. The monoisotopic (exact) mass is 273 g/mol. The predicted octanol–water partition coefficient (Wildman–Crippen LogP) is 3.36. The van der Waals surface area contributed by atoms with Crippen LogP contribution in [0.3, 0.4) is 0 Å². The number of aromatic nitrogens is 1. The Morgan fingerprint density at radius 3 is 2.76 bits per heavy atom. The van der Waals surface area contributed by atoms with Crippen molar-refractivity contribution in [3.63, 3.8) is 0 Å². The molecule has 1 N–H and O–H groups in total. The molecule has 3 rings (SSSR count). The summed E-state index contributed by atoms with van der Waals surface area (Å²) in [4.78, 5) is 16.7. The van der Waals surface area contributed by atoms with Crippen molar-refractivity contribution in [3.8, 4) is 6.07 Å². The molecule has 1 heterocycles. The number of fused-ring (bicyclic) bond motifs is 1. The van der Waals surface area contributed by atoms with Crippen LogP contribution in [0.15, 0.2) is 60.8 Å². The molecule has 21 heavy (non-hydrogen) atoms. The first-order valence-electron chi connectivity index (χ1n) is 6.44. The fraction of sp³-hybridized carbons (Fsp3) is 0. The Bertz CT molecular complexity index is 860. The molecule has 1 aromatic heterocycles. The van der Waals surface area contributed by atoms with E-state index in [0.717, 1.165) is 10.9 Å². The average Bonchev–Trinajstić information content (AvgIpc) is 2.54. The molecule has 0 saturated heterocycles. The molecule has 0 aliphatic heterocycles. The van der Waals surface area contributed by atoms with Gasteiger partial charge in [0, 0.05) is 17.1 Å². The zero-order valence-corrected chi connectivity index (χ0v) is 11.1. The molecule has 0 saturated carbocycles. The summed E-state index contributed by atoms with van der Waals surface area (Å²) >= 11 is 0. The van der Waals surface area contributed by atoms with Gasteiger partial charge in [0.15, 0.2) is 0 Å². The van der Waals surface area contributed by atoms with Crippen molar-refractivity contribution in [1.29, 1.82) is 5.26 Å². The molecule has 0 atom stereocenters. The number of nitrogens with one attached hydrogen (secondary N) is 1. The van der Waals surface area contributed by atoms with Gasteiger partial charge in [-0.3, -0.25) is 9.78 Å². The van der Waals surface area contributed by atoms with Crippen LogP contribution in [0.4, 0.5) is 5.69 Å². The van der Waals surface area contributed by atoms with Crippen molar-refractivity contribution in [3.05, 3.63) is 71.9 Å². The Balaban J connectivity index is 2.00. The number of hydrogen-bond donors (Lipinski definition) is 1. The van der Waals surface area contributed by atoms with Gasteiger partial charge >= 0.3 is 0 Å². The van der Waals surface area contributed by atoms with E-state index in [0.29, 0.717) is 16.8 Å². The summed E-state index contributed by atoms with van der Waals surface area (Å²) in [6.07, 6.45) is 1.69. The first-order chi connectivity index (χ1) is 10.3. The number of pyridine rings is 1. The summed E-state index contributed by atoms with van der Waals surface area (Å²) in [5.41, 5.74) is 2.24. The van der Waals surface area contributed by atoms with Crippen LogP contribution in [-0.4, -0.2) is 10.9 Å². The summed E-state index contributed by atoms with van der Waals surface area (Å²) in [5.74, 6) is -0.253. The molecule has 100 valence electrons. The first-order valence-corrected chi connectivity index (χ1v) is 6.44. The quantitative estimate of drug-likeness (QED) is 0.778. The average molecular weight is 273 g/mol. The minimum absolute atomic E-state index is 0.253. The zero-order chi connectivity index (χ0) is 14.7. The number of para-hydroxylation sites is 1. The Hall–Kier alpha value is -3.19. The molecule has 0 bridgehead atoms. The molecule has 0 aliphatic carbocycles.